The van der Waals surface area contributed by atoms with E-state index in [9.17, 15) is 19.5 Å². The van der Waals surface area contributed by atoms with Crippen molar-refractivity contribution in [2.75, 3.05) is 6.54 Å². The number of carboxylic acids is 1. The van der Waals surface area contributed by atoms with Gasteiger partial charge in [0.2, 0.25) is 5.91 Å². The highest BCUT2D eigenvalue weighted by Crippen LogP contribution is 2.11. The van der Waals surface area contributed by atoms with Crippen LogP contribution >= 0.6 is 0 Å². The van der Waals surface area contributed by atoms with E-state index in [1.54, 1.807) is 20.8 Å². The van der Waals surface area contributed by atoms with E-state index >= 15 is 0 Å². The van der Waals surface area contributed by atoms with Crippen LogP contribution in [-0.4, -0.2) is 41.3 Å². The second kappa shape index (κ2) is 22.2. The monoisotopic (exact) mass is 510 g/mol. The Morgan fingerprint density at radius 1 is 0.806 bits per heavy atom. The molecule has 0 aliphatic rings. The third-order valence-electron chi connectivity index (χ3n) is 5.89. The molecule has 7 nitrogen and oxygen atoms in total. The van der Waals surface area contributed by atoms with Gasteiger partial charge in [-0.25, -0.2) is 9.59 Å². The molecule has 7 heteroatoms. The highest BCUT2D eigenvalue weighted by Gasteiger charge is 2.19. The Labute approximate surface area is 220 Å². The normalized spacial score (nSPS) is 12.4. The molecule has 0 saturated carbocycles. The van der Waals surface area contributed by atoms with Crippen molar-refractivity contribution in [3.05, 3.63) is 12.2 Å². The van der Waals surface area contributed by atoms with Gasteiger partial charge in [0.25, 0.3) is 0 Å². The highest BCUT2D eigenvalue weighted by molar-refractivity contribution is 5.83. The van der Waals surface area contributed by atoms with Crippen molar-refractivity contribution in [1.82, 2.24) is 10.6 Å². The molecule has 0 rings (SSSR count). The van der Waals surface area contributed by atoms with Crippen molar-refractivity contribution in [3.63, 3.8) is 0 Å². The molecule has 36 heavy (non-hydrogen) atoms. The summed E-state index contributed by atoms with van der Waals surface area (Å²) < 4.78 is 5.16. The van der Waals surface area contributed by atoms with Crippen molar-refractivity contribution in [2.24, 2.45) is 0 Å². The van der Waals surface area contributed by atoms with Crippen LogP contribution in [0.4, 0.5) is 4.79 Å². The molecule has 0 radical (unpaired) electrons. The largest absolute Gasteiger partial charge is 0.480 e. The van der Waals surface area contributed by atoms with E-state index in [1.165, 1.54) is 51.4 Å². The summed E-state index contributed by atoms with van der Waals surface area (Å²) in [5, 5.41) is 14.7. The molecule has 0 aliphatic carbocycles. The van der Waals surface area contributed by atoms with Crippen LogP contribution in [0.5, 0.6) is 0 Å². The van der Waals surface area contributed by atoms with Gasteiger partial charge < -0.3 is 20.5 Å². The second-order valence-electron chi connectivity index (χ2n) is 10.7. The number of unbranched alkanes of at least 4 members (excludes halogenated alkanes) is 12. The molecule has 0 spiro atoms. The van der Waals surface area contributed by atoms with Gasteiger partial charge >= 0.3 is 12.1 Å². The lowest BCUT2D eigenvalue weighted by atomic mass is 10.1. The lowest BCUT2D eigenvalue weighted by Gasteiger charge is -2.19. The van der Waals surface area contributed by atoms with Crippen LogP contribution in [0.2, 0.25) is 0 Å². The fraction of sp³-hybridized carbons (Fsp3) is 0.828. The topological polar surface area (TPSA) is 105 Å². The van der Waals surface area contributed by atoms with E-state index in [-0.39, 0.29) is 5.91 Å². The zero-order chi connectivity index (χ0) is 27.1. The first-order valence-electron chi connectivity index (χ1n) is 14.3. The number of hydrogen-bond acceptors (Lipinski definition) is 4. The smallest absolute Gasteiger partial charge is 0.407 e. The number of carbonyl (C=O) groups excluding carboxylic acids is 2. The first-order chi connectivity index (χ1) is 17.2. The Bertz CT molecular complexity index is 613. The first kappa shape index (κ1) is 34.0. The molecule has 0 unspecified atom stereocenters. The van der Waals surface area contributed by atoms with Crippen molar-refractivity contribution in [3.8, 4) is 0 Å². The summed E-state index contributed by atoms with van der Waals surface area (Å²) in [6.45, 7) is 8.04. The molecule has 0 bridgehead atoms. The zero-order valence-corrected chi connectivity index (χ0v) is 23.5. The van der Waals surface area contributed by atoms with Crippen LogP contribution < -0.4 is 10.6 Å². The van der Waals surface area contributed by atoms with Gasteiger partial charge in [0.15, 0.2) is 0 Å². The summed E-state index contributed by atoms with van der Waals surface area (Å²) in [4.78, 5) is 35.2. The first-order valence-corrected chi connectivity index (χ1v) is 14.3. The Balaban J connectivity index is 3.73. The Hall–Kier alpha value is -2.05. The predicted octanol–water partition coefficient (Wildman–Crippen LogP) is 7.29. The lowest BCUT2D eigenvalue weighted by Crippen LogP contribution is -2.40. The molecule has 0 aromatic heterocycles. The summed E-state index contributed by atoms with van der Waals surface area (Å²) in [6, 6.07) is -0.887. The van der Waals surface area contributed by atoms with Gasteiger partial charge in [0.05, 0.1) is 0 Å². The van der Waals surface area contributed by atoms with Crippen molar-refractivity contribution < 1.29 is 24.2 Å². The number of rotatable bonds is 22. The SMILES string of the molecule is CCCCCCCC/C=C\CCCCCCCC(=O)N[C@H](CCCCNC(=O)OC(C)(C)C)C(=O)O. The number of hydrogen-bond donors (Lipinski definition) is 3. The third-order valence-corrected chi connectivity index (χ3v) is 5.89. The minimum Gasteiger partial charge on any atom is -0.480 e. The van der Waals surface area contributed by atoms with Crippen LogP contribution in [0.15, 0.2) is 12.2 Å². The number of ether oxygens (including phenoxy) is 1. The quantitative estimate of drug-likeness (QED) is 0.105. The van der Waals surface area contributed by atoms with Gasteiger partial charge in [-0.15, -0.1) is 0 Å². The predicted molar refractivity (Wildman–Crippen MR) is 147 cm³/mol. The average molecular weight is 511 g/mol. The summed E-state index contributed by atoms with van der Waals surface area (Å²) in [7, 11) is 0. The Morgan fingerprint density at radius 3 is 1.92 bits per heavy atom. The minimum absolute atomic E-state index is 0.202. The number of amides is 2. The van der Waals surface area contributed by atoms with Crippen LogP contribution in [0, 0.1) is 0 Å². The van der Waals surface area contributed by atoms with Crippen LogP contribution in [0.25, 0.3) is 0 Å². The number of aliphatic carboxylic acids is 1. The molecule has 0 aromatic rings. The van der Waals surface area contributed by atoms with E-state index in [0.29, 0.717) is 32.2 Å². The van der Waals surface area contributed by atoms with Crippen molar-refractivity contribution >= 4 is 18.0 Å². The molecule has 0 aliphatic heterocycles. The molecule has 0 saturated heterocycles. The molecule has 2 amide bonds. The van der Waals surface area contributed by atoms with Gasteiger partial charge in [0.1, 0.15) is 11.6 Å². The fourth-order valence-electron chi connectivity index (χ4n) is 3.86. The average Bonchev–Trinajstić information content (AvgIpc) is 2.79. The standard InChI is InChI=1S/C29H54N2O5/c1-5-6-7-8-9-10-11-12-13-14-15-16-17-18-19-23-26(32)31-25(27(33)34)22-20-21-24-30-28(35)36-29(2,3)4/h12-13,25H,5-11,14-24H2,1-4H3,(H,30,35)(H,31,32)(H,33,34)/b13-12-/t25-/m1/s1. The van der Waals surface area contributed by atoms with Gasteiger partial charge in [-0.1, -0.05) is 70.4 Å². The molecule has 3 N–H and O–H groups in total. The van der Waals surface area contributed by atoms with E-state index in [4.69, 9.17) is 4.74 Å². The molecule has 0 aromatic carbocycles. The van der Waals surface area contributed by atoms with Crippen molar-refractivity contribution in [1.29, 1.82) is 0 Å². The van der Waals surface area contributed by atoms with E-state index in [2.05, 4.69) is 29.7 Å². The summed E-state index contributed by atoms with van der Waals surface area (Å²) in [6.07, 6.45) is 21.6. The van der Waals surface area contributed by atoms with Gasteiger partial charge in [-0.05, 0) is 72.1 Å². The highest BCUT2D eigenvalue weighted by atomic mass is 16.6. The fourth-order valence-corrected chi connectivity index (χ4v) is 3.86. The van der Waals surface area contributed by atoms with Crippen molar-refractivity contribution in [2.45, 2.75) is 148 Å². The number of carboxylic acid groups (broad SMARTS) is 1. The third kappa shape index (κ3) is 23.7. The van der Waals surface area contributed by atoms with E-state index in [0.717, 1.165) is 32.1 Å². The van der Waals surface area contributed by atoms with Crippen LogP contribution in [0.3, 0.4) is 0 Å². The Kier molecular flexibility index (Phi) is 20.9. The number of alkyl carbamates (subject to hydrolysis) is 1. The van der Waals surface area contributed by atoms with E-state index < -0.39 is 23.7 Å². The van der Waals surface area contributed by atoms with Gasteiger partial charge in [0, 0.05) is 13.0 Å². The maximum absolute atomic E-state index is 12.1. The number of allylic oxidation sites excluding steroid dienone is 2. The minimum atomic E-state index is -1.02. The Morgan fingerprint density at radius 2 is 1.36 bits per heavy atom. The van der Waals surface area contributed by atoms with Crippen LogP contribution in [0.1, 0.15) is 137 Å². The zero-order valence-electron chi connectivity index (χ0n) is 23.5. The summed E-state index contributed by atoms with van der Waals surface area (Å²) in [5.74, 6) is -1.22. The maximum atomic E-state index is 12.1. The van der Waals surface area contributed by atoms with Crippen LogP contribution in [-0.2, 0) is 14.3 Å². The van der Waals surface area contributed by atoms with Gasteiger partial charge in [-0.3, -0.25) is 4.79 Å². The molecule has 210 valence electrons. The number of nitrogens with one attached hydrogen (secondary N) is 2. The summed E-state index contributed by atoms with van der Waals surface area (Å²) >= 11 is 0. The molecule has 1 atom stereocenters. The lowest BCUT2D eigenvalue weighted by molar-refractivity contribution is -0.142. The summed E-state index contributed by atoms with van der Waals surface area (Å²) in [5.41, 5.74) is -0.549. The van der Waals surface area contributed by atoms with E-state index in [1.807, 2.05) is 0 Å². The second-order valence-corrected chi connectivity index (χ2v) is 10.7. The van der Waals surface area contributed by atoms with Gasteiger partial charge in [-0.2, -0.15) is 0 Å². The molecule has 0 heterocycles. The molecular weight excluding hydrogens is 456 g/mol. The maximum Gasteiger partial charge on any atom is 0.407 e. The number of carbonyl (C=O) groups is 3. The molecular formula is C29H54N2O5. The molecule has 0 fully saturated rings.